The highest BCUT2D eigenvalue weighted by Crippen LogP contribution is 2.17. The van der Waals surface area contributed by atoms with E-state index in [2.05, 4.69) is 31.9 Å². The normalized spacial score (nSPS) is 10.3. The van der Waals surface area contributed by atoms with E-state index in [0.29, 0.717) is 29.1 Å². The molecule has 0 bridgehead atoms. The van der Waals surface area contributed by atoms with Crippen molar-refractivity contribution in [1.29, 1.82) is 0 Å². The molecular formula is C21H18BrN3O3S. The number of carbonyl (C=O) groups is 2. The molecule has 0 spiro atoms. The third kappa shape index (κ3) is 5.75. The summed E-state index contributed by atoms with van der Waals surface area (Å²) in [5.41, 5.74) is 2.69. The van der Waals surface area contributed by atoms with Crippen molar-refractivity contribution in [1.82, 2.24) is 10.6 Å². The van der Waals surface area contributed by atoms with Crippen LogP contribution in [0.25, 0.3) is 0 Å². The summed E-state index contributed by atoms with van der Waals surface area (Å²) < 4.78 is 6.03. The maximum atomic E-state index is 12.3. The summed E-state index contributed by atoms with van der Waals surface area (Å²) in [6.07, 6.45) is 1.56. The first-order chi connectivity index (χ1) is 13.9. The van der Waals surface area contributed by atoms with E-state index in [-0.39, 0.29) is 16.9 Å². The Morgan fingerprint density at radius 1 is 1.03 bits per heavy atom. The molecule has 1 aromatic heterocycles. The van der Waals surface area contributed by atoms with Crippen molar-refractivity contribution in [3.63, 3.8) is 0 Å². The monoisotopic (exact) mass is 471 g/mol. The van der Waals surface area contributed by atoms with Crippen LogP contribution in [-0.4, -0.2) is 16.9 Å². The molecule has 0 unspecified atom stereocenters. The van der Waals surface area contributed by atoms with Crippen LogP contribution < -0.4 is 16.0 Å². The van der Waals surface area contributed by atoms with E-state index >= 15 is 0 Å². The summed E-state index contributed by atoms with van der Waals surface area (Å²) in [7, 11) is 0. The van der Waals surface area contributed by atoms with Gasteiger partial charge in [0.25, 0.3) is 11.8 Å². The molecule has 0 radical (unpaired) electrons. The van der Waals surface area contributed by atoms with Gasteiger partial charge in [-0.3, -0.25) is 14.9 Å². The smallest absolute Gasteiger partial charge is 0.257 e. The largest absolute Gasteiger partial charge is 0.467 e. The average molecular weight is 472 g/mol. The Morgan fingerprint density at radius 3 is 2.41 bits per heavy atom. The first kappa shape index (κ1) is 20.8. The van der Waals surface area contributed by atoms with Crippen molar-refractivity contribution in [3.05, 3.63) is 87.8 Å². The summed E-state index contributed by atoms with van der Waals surface area (Å²) in [6, 6.07) is 15.6. The molecule has 0 atom stereocenters. The van der Waals surface area contributed by atoms with Crippen LogP contribution in [0.3, 0.4) is 0 Å². The van der Waals surface area contributed by atoms with Crippen LogP contribution in [0.2, 0.25) is 0 Å². The first-order valence-electron chi connectivity index (χ1n) is 8.71. The van der Waals surface area contributed by atoms with Crippen LogP contribution in [0.4, 0.5) is 5.69 Å². The van der Waals surface area contributed by atoms with Gasteiger partial charge in [-0.05, 0) is 73.2 Å². The van der Waals surface area contributed by atoms with Crippen LogP contribution in [0, 0.1) is 6.92 Å². The van der Waals surface area contributed by atoms with Crippen molar-refractivity contribution in [2.24, 2.45) is 0 Å². The van der Waals surface area contributed by atoms with Crippen LogP contribution in [0.1, 0.15) is 32.0 Å². The molecule has 0 saturated carbocycles. The van der Waals surface area contributed by atoms with Gasteiger partial charge in [-0.2, -0.15) is 0 Å². The van der Waals surface area contributed by atoms with E-state index < -0.39 is 0 Å². The van der Waals surface area contributed by atoms with Gasteiger partial charge in [-0.1, -0.05) is 22.0 Å². The number of nitrogens with one attached hydrogen (secondary N) is 3. The maximum Gasteiger partial charge on any atom is 0.257 e. The third-order valence-corrected chi connectivity index (χ3v) is 5.13. The Bertz CT molecular complexity index is 1030. The number of rotatable bonds is 5. The molecule has 1 heterocycles. The van der Waals surface area contributed by atoms with Crippen LogP contribution in [0.15, 0.2) is 69.8 Å². The van der Waals surface area contributed by atoms with Crippen molar-refractivity contribution in [3.8, 4) is 0 Å². The Labute approximate surface area is 181 Å². The number of anilines is 1. The standard InChI is InChI=1S/C21H18BrN3O3S/c1-13-4-5-15(11-18(13)22)20(27)25-21(29)24-16-8-6-14(7-9-16)19(26)23-12-17-3-2-10-28-17/h2-11H,12H2,1H3,(H,23,26)(H2,24,25,27,29). The molecule has 2 amide bonds. The number of carbonyl (C=O) groups excluding carboxylic acids is 2. The highest BCUT2D eigenvalue weighted by molar-refractivity contribution is 9.10. The average Bonchev–Trinajstić information content (AvgIpc) is 3.22. The van der Waals surface area contributed by atoms with Crippen molar-refractivity contribution < 1.29 is 14.0 Å². The fourth-order valence-electron chi connectivity index (χ4n) is 2.46. The van der Waals surface area contributed by atoms with E-state index in [1.807, 2.05) is 13.0 Å². The lowest BCUT2D eigenvalue weighted by molar-refractivity contribution is 0.0946. The lowest BCUT2D eigenvalue weighted by Gasteiger charge is -2.11. The van der Waals surface area contributed by atoms with Gasteiger partial charge in [0.15, 0.2) is 5.11 Å². The van der Waals surface area contributed by atoms with Crippen molar-refractivity contribution in [2.45, 2.75) is 13.5 Å². The quantitative estimate of drug-likeness (QED) is 0.480. The number of hydrogen-bond donors (Lipinski definition) is 3. The van der Waals surface area contributed by atoms with Gasteiger partial charge < -0.3 is 15.1 Å². The molecule has 0 saturated heterocycles. The molecule has 148 valence electrons. The van der Waals surface area contributed by atoms with Gasteiger partial charge in [-0.15, -0.1) is 0 Å². The van der Waals surface area contributed by atoms with Gasteiger partial charge in [-0.25, -0.2) is 0 Å². The second kappa shape index (κ2) is 9.49. The molecule has 0 aliphatic carbocycles. The van der Waals surface area contributed by atoms with Gasteiger partial charge >= 0.3 is 0 Å². The first-order valence-corrected chi connectivity index (χ1v) is 9.91. The zero-order valence-corrected chi connectivity index (χ0v) is 17.9. The van der Waals surface area contributed by atoms with E-state index in [1.165, 1.54) is 0 Å². The molecule has 8 heteroatoms. The highest BCUT2D eigenvalue weighted by atomic mass is 79.9. The van der Waals surface area contributed by atoms with E-state index in [9.17, 15) is 9.59 Å². The predicted molar refractivity (Wildman–Crippen MR) is 119 cm³/mol. The van der Waals surface area contributed by atoms with Crippen LogP contribution >= 0.6 is 28.1 Å². The molecule has 2 aromatic carbocycles. The Kier molecular flexibility index (Phi) is 6.79. The van der Waals surface area contributed by atoms with Gasteiger partial charge in [0.2, 0.25) is 0 Å². The van der Waals surface area contributed by atoms with E-state index in [0.717, 1.165) is 10.0 Å². The van der Waals surface area contributed by atoms with Crippen LogP contribution in [-0.2, 0) is 6.54 Å². The van der Waals surface area contributed by atoms with Gasteiger partial charge in [0.05, 0.1) is 12.8 Å². The third-order valence-electron chi connectivity index (χ3n) is 4.07. The summed E-state index contributed by atoms with van der Waals surface area (Å²) in [5.74, 6) is 0.157. The molecule has 29 heavy (non-hydrogen) atoms. The Hall–Kier alpha value is -2.97. The number of furan rings is 1. The van der Waals surface area contributed by atoms with Gasteiger partial charge in [0.1, 0.15) is 5.76 Å². The second-order valence-corrected chi connectivity index (χ2v) is 7.47. The van der Waals surface area contributed by atoms with Crippen molar-refractivity contribution >= 4 is 50.8 Å². The lowest BCUT2D eigenvalue weighted by atomic mass is 10.1. The summed E-state index contributed by atoms with van der Waals surface area (Å²) in [4.78, 5) is 24.5. The number of aryl methyl sites for hydroxylation is 1. The minimum absolute atomic E-state index is 0.168. The molecule has 6 nitrogen and oxygen atoms in total. The molecule has 0 aliphatic rings. The zero-order valence-electron chi connectivity index (χ0n) is 15.5. The molecule has 0 aliphatic heterocycles. The topological polar surface area (TPSA) is 83.4 Å². The summed E-state index contributed by atoms with van der Waals surface area (Å²) in [5, 5.41) is 8.51. The Balaban J connectivity index is 1.53. The fourth-order valence-corrected chi connectivity index (χ4v) is 3.05. The number of benzene rings is 2. The SMILES string of the molecule is Cc1ccc(C(=O)NC(=S)Nc2ccc(C(=O)NCc3ccco3)cc2)cc1Br. The summed E-state index contributed by atoms with van der Waals surface area (Å²) >= 11 is 8.61. The number of amides is 2. The lowest BCUT2D eigenvalue weighted by Crippen LogP contribution is -2.34. The Morgan fingerprint density at radius 2 is 1.76 bits per heavy atom. The van der Waals surface area contributed by atoms with Crippen LogP contribution in [0.5, 0.6) is 0 Å². The minimum Gasteiger partial charge on any atom is -0.467 e. The summed E-state index contributed by atoms with van der Waals surface area (Å²) in [6.45, 7) is 2.26. The van der Waals surface area contributed by atoms with Gasteiger partial charge in [0, 0.05) is 21.3 Å². The molecule has 3 N–H and O–H groups in total. The fraction of sp³-hybridized carbons (Fsp3) is 0.0952. The van der Waals surface area contributed by atoms with E-state index in [1.54, 1.807) is 54.8 Å². The number of thiocarbonyl (C=S) groups is 1. The molecule has 3 aromatic rings. The second-order valence-electron chi connectivity index (χ2n) is 6.21. The minimum atomic E-state index is -0.308. The highest BCUT2D eigenvalue weighted by Gasteiger charge is 2.10. The zero-order chi connectivity index (χ0) is 20.8. The van der Waals surface area contributed by atoms with Crippen molar-refractivity contribution in [2.75, 3.05) is 5.32 Å². The predicted octanol–water partition coefficient (Wildman–Crippen LogP) is 4.41. The molecule has 3 rings (SSSR count). The maximum absolute atomic E-state index is 12.3. The van der Waals surface area contributed by atoms with E-state index in [4.69, 9.17) is 16.6 Å². The molecular weight excluding hydrogens is 454 g/mol. The molecule has 0 fully saturated rings. The number of halogens is 1. The number of hydrogen-bond acceptors (Lipinski definition) is 4.